The second kappa shape index (κ2) is 10.3. The van der Waals surface area contributed by atoms with Gasteiger partial charge in [-0.05, 0) is 48.3 Å². The van der Waals surface area contributed by atoms with Gasteiger partial charge in [0.05, 0.1) is 6.61 Å². The summed E-state index contributed by atoms with van der Waals surface area (Å²) in [6, 6.07) is 5.15. The zero-order chi connectivity index (χ0) is 21.6. The summed E-state index contributed by atoms with van der Waals surface area (Å²) in [6.07, 6.45) is 4.80. The fraction of sp³-hybridized carbons (Fsp3) is 0.727. The largest absolute Gasteiger partial charge is 0.464 e. The Morgan fingerprint density at radius 3 is 2.25 bits per heavy atom. The molecule has 0 aromatic heterocycles. The van der Waals surface area contributed by atoms with Crippen molar-refractivity contribution in [3.63, 3.8) is 0 Å². The normalized spacial score (nSPS) is 14.1. The first-order valence-corrected chi connectivity index (χ1v) is 12.4. The molecule has 6 heteroatoms. The van der Waals surface area contributed by atoms with E-state index in [2.05, 4.69) is 41.5 Å². The van der Waals surface area contributed by atoms with Crippen LogP contribution >= 0.6 is 10.7 Å². The first-order valence-electron chi connectivity index (χ1n) is 10.1. The molecular formula is C22H37ClO4S. The van der Waals surface area contributed by atoms with E-state index in [-0.39, 0.29) is 21.5 Å². The first kappa shape index (κ1) is 25.3. The molecule has 28 heavy (non-hydrogen) atoms. The highest BCUT2D eigenvalue weighted by Crippen LogP contribution is 2.39. The van der Waals surface area contributed by atoms with Gasteiger partial charge in [-0.2, -0.15) is 0 Å². The van der Waals surface area contributed by atoms with Gasteiger partial charge in [0.15, 0.2) is 6.29 Å². The van der Waals surface area contributed by atoms with Crippen LogP contribution in [0.4, 0.5) is 0 Å². The molecule has 0 aliphatic carbocycles. The van der Waals surface area contributed by atoms with Crippen LogP contribution in [0.25, 0.3) is 0 Å². The Morgan fingerprint density at radius 1 is 1.07 bits per heavy atom. The van der Waals surface area contributed by atoms with Crippen molar-refractivity contribution >= 4 is 19.7 Å². The van der Waals surface area contributed by atoms with Crippen LogP contribution in [0.2, 0.25) is 0 Å². The van der Waals surface area contributed by atoms with Crippen LogP contribution in [-0.2, 0) is 19.2 Å². The number of benzene rings is 1. The zero-order valence-electron chi connectivity index (χ0n) is 18.5. The zero-order valence-corrected chi connectivity index (χ0v) is 20.0. The minimum atomic E-state index is -3.92. The van der Waals surface area contributed by atoms with E-state index >= 15 is 0 Å². The molecular weight excluding hydrogens is 396 g/mol. The summed E-state index contributed by atoms with van der Waals surface area (Å²) in [6.45, 7) is 15.4. The predicted molar refractivity (Wildman–Crippen MR) is 117 cm³/mol. The molecule has 162 valence electrons. The lowest BCUT2D eigenvalue weighted by Gasteiger charge is -2.33. The highest BCUT2D eigenvalue weighted by Gasteiger charge is 2.29. The number of halogens is 1. The fourth-order valence-electron chi connectivity index (χ4n) is 3.64. The topological polar surface area (TPSA) is 52.6 Å². The van der Waals surface area contributed by atoms with Gasteiger partial charge in [-0.1, -0.05) is 66.9 Å². The van der Waals surface area contributed by atoms with Crippen LogP contribution in [0.15, 0.2) is 23.1 Å². The van der Waals surface area contributed by atoms with Gasteiger partial charge < -0.3 is 9.47 Å². The second-order valence-electron chi connectivity index (χ2n) is 9.34. The molecule has 0 heterocycles. The highest BCUT2D eigenvalue weighted by atomic mass is 35.7. The number of hydrogen-bond donors (Lipinski definition) is 0. The van der Waals surface area contributed by atoms with Crippen LogP contribution in [0, 0.1) is 5.41 Å². The Morgan fingerprint density at radius 2 is 1.71 bits per heavy atom. The smallest absolute Gasteiger partial charge is 0.264 e. The van der Waals surface area contributed by atoms with Crippen molar-refractivity contribution in [2.75, 3.05) is 6.61 Å². The third-order valence-electron chi connectivity index (χ3n) is 4.60. The van der Waals surface area contributed by atoms with E-state index in [0.29, 0.717) is 6.61 Å². The lowest BCUT2D eigenvalue weighted by molar-refractivity contribution is -0.0691. The lowest BCUT2D eigenvalue weighted by atomic mass is 9.72. The average molecular weight is 433 g/mol. The minimum Gasteiger partial charge on any atom is -0.464 e. The lowest BCUT2D eigenvalue weighted by Crippen LogP contribution is -2.25. The van der Waals surface area contributed by atoms with E-state index in [1.165, 1.54) is 18.9 Å². The van der Waals surface area contributed by atoms with Gasteiger partial charge in [-0.25, -0.2) is 8.42 Å². The molecule has 0 aliphatic rings. The van der Waals surface area contributed by atoms with E-state index in [1.54, 1.807) is 13.0 Å². The van der Waals surface area contributed by atoms with E-state index < -0.39 is 15.3 Å². The maximum Gasteiger partial charge on any atom is 0.264 e. The number of rotatable bonds is 11. The number of hydrogen-bond acceptors (Lipinski definition) is 4. The van der Waals surface area contributed by atoms with Crippen molar-refractivity contribution < 1.29 is 17.9 Å². The van der Waals surface area contributed by atoms with Gasteiger partial charge in [-0.15, -0.1) is 0 Å². The molecule has 4 nitrogen and oxygen atoms in total. The Hall–Kier alpha value is -0.780. The molecule has 1 aromatic rings. The van der Waals surface area contributed by atoms with E-state index in [9.17, 15) is 8.42 Å². The molecule has 1 atom stereocenters. The quantitative estimate of drug-likeness (QED) is 0.223. The summed E-state index contributed by atoms with van der Waals surface area (Å²) in [4.78, 5) is -0.0223. The van der Waals surface area contributed by atoms with Gasteiger partial charge >= 0.3 is 0 Å². The molecule has 0 radical (unpaired) electrons. The molecule has 1 aromatic carbocycles. The Balaban J connectivity index is 3.03. The fourth-order valence-corrected chi connectivity index (χ4v) is 4.60. The van der Waals surface area contributed by atoms with Crippen LogP contribution in [0.3, 0.4) is 0 Å². The third kappa shape index (κ3) is 8.71. The van der Waals surface area contributed by atoms with E-state index in [1.807, 2.05) is 6.07 Å². The van der Waals surface area contributed by atoms with Crippen molar-refractivity contribution in [2.45, 2.75) is 97.2 Å². The van der Waals surface area contributed by atoms with Crippen molar-refractivity contribution in [2.24, 2.45) is 5.41 Å². The van der Waals surface area contributed by atoms with Gasteiger partial charge in [0, 0.05) is 10.7 Å². The SMILES string of the molecule is CCCCCCOC(C)Oc1cc(C(C)(C)CC(C)(C)C)ccc1S(=O)(=O)Cl. The molecule has 0 amide bonds. The third-order valence-corrected chi connectivity index (χ3v) is 5.96. The van der Waals surface area contributed by atoms with Crippen LogP contribution in [-0.4, -0.2) is 21.3 Å². The predicted octanol–water partition coefficient (Wildman–Crippen LogP) is 6.65. The summed E-state index contributed by atoms with van der Waals surface area (Å²) in [5, 5.41) is 0. The van der Waals surface area contributed by atoms with E-state index in [4.69, 9.17) is 20.2 Å². The molecule has 1 unspecified atom stereocenters. The molecule has 0 N–H and O–H groups in total. The van der Waals surface area contributed by atoms with Crippen LogP contribution in [0.1, 0.15) is 86.1 Å². The summed E-state index contributed by atoms with van der Waals surface area (Å²) >= 11 is 0. The molecule has 0 aliphatic heterocycles. The molecule has 0 spiro atoms. The molecule has 1 rings (SSSR count). The van der Waals surface area contributed by atoms with Crippen molar-refractivity contribution in [1.82, 2.24) is 0 Å². The van der Waals surface area contributed by atoms with Gasteiger partial charge in [0.25, 0.3) is 9.05 Å². The molecule has 0 fully saturated rings. The monoisotopic (exact) mass is 432 g/mol. The van der Waals surface area contributed by atoms with Crippen LogP contribution < -0.4 is 4.74 Å². The highest BCUT2D eigenvalue weighted by molar-refractivity contribution is 8.13. The summed E-state index contributed by atoms with van der Waals surface area (Å²) in [5.74, 6) is 0.246. The van der Waals surface area contributed by atoms with Crippen molar-refractivity contribution in [3.8, 4) is 5.75 Å². The minimum absolute atomic E-state index is 0.0223. The summed E-state index contributed by atoms with van der Waals surface area (Å²) < 4.78 is 35.6. The second-order valence-corrected chi connectivity index (χ2v) is 11.9. The first-order chi connectivity index (χ1) is 12.8. The Bertz CT molecular complexity index is 721. The van der Waals surface area contributed by atoms with Gasteiger partial charge in [0.1, 0.15) is 10.6 Å². The molecule has 0 saturated heterocycles. The Kier molecular flexibility index (Phi) is 9.30. The summed E-state index contributed by atoms with van der Waals surface area (Å²) in [7, 11) is 1.72. The van der Waals surface area contributed by atoms with E-state index in [0.717, 1.165) is 24.8 Å². The van der Waals surface area contributed by atoms with Crippen molar-refractivity contribution in [3.05, 3.63) is 23.8 Å². The maximum absolute atomic E-state index is 12.0. The van der Waals surface area contributed by atoms with Gasteiger partial charge in [-0.3, -0.25) is 0 Å². The number of unbranched alkanes of at least 4 members (excludes halogenated alkanes) is 3. The average Bonchev–Trinajstić information content (AvgIpc) is 2.51. The molecule has 0 bridgehead atoms. The van der Waals surface area contributed by atoms with Crippen LogP contribution in [0.5, 0.6) is 5.75 Å². The van der Waals surface area contributed by atoms with Crippen molar-refractivity contribution in [1.29, 1.82) is 0 Å². The standard InChI is InChI=1S/C22H37ClO4S/c1-8-9-10-11-14-26-17(2)27-19-15-18(12-13-20(19)28(23,24)25)22(6,7)16-21(3,4)5/h12-13,15,17H,8-11,14,16H2,1-7H3. The van der Waals surface area contributed by atoms with Gasteiger partial charge in [0.2, 0.25) is 0 Å². The Labute approximate surface area is 176 Å². The molecule has 0 saturated carbocycles. The summed E-state index contributed by atoms with van der Waals surface area (Å²) in [5.41, 5.74) is 1.00. The maximum atomic E-state index is 12.0. The number of ether oxygens (including phenoxy) is 2.